The minimum absolute atomic E-state index is 0.0155. The van der Waals surface area contributed by atoms with Crippen molar-refractivity contribution in [2.24, 2.45) is 0 Å². The van der Waals surface area contributed by atoms with Crippen molar-refractivity contribution >= 4 is 94.2 Å². The van der Waals surface area contributed by atoms with Crippen molar-refractivity contribution < 1.29 is 0 Å². The molecule has 0 saturated carbocycles. The molecule has 8 aromatic carbocycles. The van der Waals surface area contributed by atoms with E-state index < -0.39 is 0 Å². The van der Waals surface area contributed by atoms with Crippen molar-refractivity contribution in [3.8, 4) is 33.6 Å². The summed E-state index contributed by atoms with van der Waals surface area (Å²) in [6.07, 6.45) is 0. The van der Waals surface area contributed by atoms with Gasteiger partial charge in [0, 0.05) is 65.8 Å². The fraction of sp³-hybridized carbons (Fsp3) is 0.153. The maximum absolute atomic E-state index is 2.83. The van der Waals surface area contributed by atoms with Crippen molar-refractivity contribution in [2.75, 3.05) is 0 Å². The number of fused-ring (bicyclic) bond motifs is 19. The maximum Gasteiger partial charge on any atom is 0.333 e. The number of benzene rings is 8. The summed E-state index contributed by atoms with van der Waals surface area (Å²) in [7, 11) is 0. The minimum Gasteiger partial charge on any atom is -0.374 e. The van der Waals surface area contributed by atoms with Crippen LogP contribution in [0.5, 0.6) is 0 Å². The molecule has 4 aliphatic heterocycles. The molecule has 0 amide bonds. The van der Waals surface area contributed by atoms with Crippen LogP contribution in [0.25, 0.3) is 110 Å². The second-order valence-corrected chi connectivity index (χ2v) is 21.2. The largest absolute Gasteiger partial charge is 0.374 e. The molecule has 4 nitrogen and oxygen atoms in total. The van der Waals surface area contributed by atoms with E-state index in [0.717, 1.165) is 0 Å². The van der Waals surface area contributed by atoms with Crippen molar-refractivity contribution in [3.63, 3.8) is 0 Å². The highest BCUT2D eigenvalue weighted by Crippen LogP contribution is 2.58. The molecule has 1 atom stereocenters. The molecular formula is C59H43BN4. The third-order valence-electron chi connectivity index (χ3n) is 16.0. The van der Waals surface area contributed by atoms with Gasteiger partial charge in [0.2, 0.25) is 0 Å². The van der Waals surface area contributed by atoms with Gasteiger partial charge in [-0.1, -0.05) is 163 Å². The zero-order valence-electron chi connectivity index (χ0n) is 36.8. The normalized spacial score (nSPS) is 15.5. The lowest BCUT2D eigenvalue weighted by molar-refractivity contribution is 0.590. The molecule has 5 heteroatoms. The number of para-hydroxylation sites is 5. The molecule has 0 saturated heterocycles. The summed E-state index contributed by atoms with van der Waals surface area (Å²) in [4.78, 5) is 0. The Kier molecular flexibility index (Phi) is 5.75. The number of rotatable bonds is 0. The van der Waals surface area contributed by atoms with Gasteiger partial charge in [-0.05, 0) is 68.3 Å². The van der Waals surface area contributed by atoms with Crippen molar-refractivity contribution in [1.82, 2.24) is 18.2 Å². The Morgan fingerprint density at radius 1 is 0.422 bits per heavy atom. The Bertz CT molecular complexity index is 4220. The van der Waals surface area contributed by atoms with E-state index in [1.165, 1.54) is 143 Å². The van der Waals surface area contributed by atoms with Crippen LogP contribution in [0.3, 0.4) is 0 Å². The van der Waals surface area contributed by atoms with Crippen molar-refractivity contribution in [2.45, 2.75) is 58.4 Å². The Labute approximate surface area is 370 Å². The third-order valence-corrected chi connectivity index (χ3v) is 16.0. The van der Waals surface area contributed by atoms with Gasteiger partial charge in [-0.3, -0.25) is 0 Å². The standard InChI is InChI=1S/C59H43BN4/c1-58(2,3)40-29-30-46-50-47(40)36-20-12-22-38-52(36)64(60(50)42-23-13-18-34-32-16-8-10-25-44(32)62(46)53(34)42)57-39-27-28-41(59(4,5)6)48-35-19-14-26-45-49(35)55(63(54(39)48)56(38)57)37-21-11-17-33-31-15-7-9-24-43(31)61(45)51(33)37/h7-30,55H,1-6H3. The van der Waals surface area contributed by atoms with Crippen LogP contribution in [0.4, 0.5) is 0 Å². The van der Waals surface area contributed by atoms with E-state index >= 15 is 0 Å². The number of hydrogen-bond donors (Lipinski definition) is 0. The Hall–Kier alpha value is -7.24. The van der Waals surface area contributed by atoms with Gasteiger partial charge in [-0.15, -0.1) is 0 Å². The third kappa shape index (κ3) is 3.63. The van der Waals surface area contributed by atoms with Gasteiger partial charge in [-0.25, -0.2) is 0 Å². The molecule has 0 fully saturated rings. The van der Waals surface area contributed by atoms with Gasteiger partial charge in [0.05, 0.1) is 50.3 Å². The fourth-order valence-corrected chi connectivity index (χ4v) is 13.7. The average Bonchev–Trinajstić information content (AvgIpc) is 4.03. The molecule has 0 radical (unpaired) electrons. The van der Waals surface area contributed by atoms with E-state index in [1.807, 2.05) is 0 Å². The summed E-state index contributed by atoms with van der Waals surface area (Å²) in [6.45, 7) is 14.3. The predicted octanol–water partition coefficient (Wildman–Crippen LogP) is 13.4. The molecule has 0 N–H and O–H groups in total. The summed E-state index contributed by atoms with van der Waals surface area (Å²) < 4.78 is 10.8. The smallest absolute Gasteiger partial charge is 0.333 e. The van der Waals surface area contributed by atoms with Gasteiger partial charge < -0.3 is 18.2 Å². The predicted molar refractivity (Wildman–Crippen MR) is 270 cm³/mol. The first kappa shape index (κ1) is 34.3. The van der Waals surface area contributed by atoms with E-state index in [0.29, 0.717) is 0 Å². The lowest BCUT2D eigenvalue weighted by Gasteiger charge is -2.38. The highest BCUT2D eigenvalue weighted by atomic mass is 15.1. The van der Waals surface area contributed by atoms with Gasteiger partial charge in [0.25, 0.3) is 0 Å². The van der Waals surface area contributed by atoms with Gasteiger partial charge in [-0.2, -0.15) is 0 Å². The Morgan fingerprint density at radius 3 is 1.78 bits per heavy atom. The monoisotopic (exact) mass is 818 g/mol. The van der Waals surface area contributed by atoms with Crippen LogP contribution in [0.15, 0.2) is 146 Å². The Morgan fingerprint density at radius 2 is 1.02 bits per heavy atom. The summed E-state index contributed by atoms with van der Waals surface area (Å²) in [5.41, 5.74) is 26.9. The van der Waals surface area contributed by atoms with E-state index in [-0.39, 0.29) is 23.7 Å². The molecule has 0 bridgehead atoms. The first-order valence-corrected chi connectivity index (χ1v) is 23.1. The zero-order valence-corrected chi connectivity index (χ0v) is 36.8. The maximum atomic E-state index is 2.83. The first-order chi connectivity index (χ1) is 31.1. The SMILES string of the molecule is CC(C)(C)c1ccc2c3c1-c1cccc4c1n(c1c5ccc(C(C)(C)C)c6c5n(c41)C1c4c-6cccc4-n4c5ccccc5c5cccc1c54)B3c1cccc3c4ccccc4n-2c13. The van der Waals surface area contributed by atoms with E-state index in [1.54, 1.807) is 0 Å². The van der Waals surface area contributed by atoms with Crippen LogP contribution in [-0.2, 0) is 10.8 Å². The quantitative estimate of drug-likeness (QED) is 0.136. The molecule has 0 aliphatic carbocycles. The van der Waals surface area contributed by atoms with Crippen molar-refractivity contribution in [3.05, 3.63) is 168 Å². The van der Waals surface area contributed by atoms with Crippen LogP contribution < -0.4 is 10.9 Å². The number of nitrogens with zero attached hydrogens (tertiary/aromatic N) is 4. The first-order valence-electron chi connectivity index (χ1n) is 23.1. The molecule has 1 unspecified atom stereocenters. The van der Waals surface area contributed by atoms with Gasteiger partial charge >= 0.3 is 6.85 Å². The molecule has 4 aromatic heterocycles. The lowest BCUT2D eigenvalue weighted by atomic mass is 9.45. The van der Waals surface area contributed by atoms with Crippen molar-refractivity contribution in [1.29, 1.82) is 0 Å². The Balaban J connectivity index is 1.15. The fourth-order valence-electron chi connectivity index (χ4n) is 13.7. The molecule has 16 rings (SSSR count). The van der Waals surface area contributed by atoms with Gasteiger partial charge in [0.15, 0.2) is 0 Å². The zero-order chi connectivity index (χ0) is 42.4. The molecule has 12 aromatic rings. The van der Waals surface area contributed by atoms with Gasteiger partial charge in [0.1, 0.15) is 0 Å². The topological polar surface area (TPSA) is 19.7 Å². The average molecular weight is 819 g/mol. The van der Waals surface area contributed by atoms with Crippen LogP contribution in [-0.4, -0.2) is 25.0 Å². The lowest BCUT2D eigenvalue weighted by Crippen LogP contribution is -2.55. The number of hydrogen-bond acceptors (Lipinski definition) is 0. The highest BCUT2D eigenvalue weighted by Gasteiger charge is 2.46. The summed E-state index contributed by atoms with van der Waals surface area (Å²) in [5, 5.41) is 7.94. The van der Waals surface area contributed by atoms with Crippen LogP contribution in [0.2, 0.25) is 0 Å². The van der Waals surface area contributed by atoms with Crippen LogP contribution in [0.1, 0.15) is 69.8 Å². The van der Waals surface area contributed by atoms with Crippen LogP contribution in [0, 0.1) is 0 Å². The molecule has 302 valence electrons. The number of aromatic nitrogens is 4. The summed E-state index contributed by atoms with van der Waals surface area (Å²) >= 11 is 0. The van der Waals surface area contributed by atoms with E-state index in [2.05, 4.69) is 205 Å². The molecular weight excluding hydrogens is 775 g/mol. The summed E-state index contributed by atoms with van der Waals surface area (Å²) in [6, 6.07) is 56.5. The molecule has 4 aliphatic rings. The van der Waals surface area contributed by atoms with E-state index in [9.17, 15) is 0 Å². The van der Waals surface area contributed by atoms with Crippen LogP contribution >= 0.6 is 0 Å². The second-order valence-electron chi connectivity index (χ2n) is 21.2. The molecule has 8 heterocycles. The van der Waals surface area contributed by atoms with E-state index in [4.69, 9.17) is 0 Å². The second kappa shape index (κ2) is 10.7. The minimum atomic E-state index is -0.0849. The molecule has 64 heavy (non-hydrogen) atoms. The summed E-state index contributed by atoms with van der Waals surface area (Å²) in [5.74, 6) is 0. The molecule has 0 spiro atoms. The highest BCUT2D eigenvalue weighted by molar-refractivity contribution is 6.90.